The van der Waals surface area contributed by atoms with Crippen LogP contribution < -0.4 is 5.32 Å². The standard InChI is InChI=1S/C12H21N3/c1-5-6-13-7-9(2)12-10(3)14-8-15-11(12)4/h8-9,13H,5-7H2,1-4H3. The summed E-state index contributed by atoms with van der Waals surface area (Å²) in [4.78, 5) is 8.50. The number of nitrogens with zero attached hydrogens (tertiary/aromatic N) is 2. The van der Waals surface area contributed by atoms with Crippen molar-refractivity contribution >= 4 is 0 Å². The van der Waals surface area contributed by atoms with Crippen molar-refractivity contribution in [1.82, 2.24) is 15.3 Å². The van der Waals surface area contributed by atoms with Gasteiger partial charge in [-0.25, -0.2) is 9.97 Å². The van der Waals surface area contributed by atoms with Crippen LogP contribution >= 0.6 is 0 Å². The van der Waals surface area contributed by atoms with E-state index in [-0.39, 0.29) is 0 Å². The summed E-state index contributed by atoms with van der Waals surface area (Å²) in [5.74, 6) is 0.484. The third kappa shape index (κ3) is 3.27. The summed E-state index contributed by atoms with van der Waals surface area (Å²) in [6, 6.07) is 0. The van der Waals surface area contributed by atoms with E-state index in [1.54, 1.807) is 6.33 Å². The average molecular weight is 207 g/mol. The lowest BCUT2D eigenvalue weighted by atomic mass is 9.98. The highest BCUT2D eigenvalue weighted by Gasteiger charge is 2.12. The van der Waals surface area contributed by atoms with Crippen molar-refractivity contribution in [3.63, 3.8) is 0 Å². The molecule has 0 aliphatic heterocycles. The van der Waals surface area contributed by atoms with E-state index in [4.69, 9.17) is 0 Å². The van der Waals surface area contributed by atoms with E-state index < -0.39 is 0 Å². The van der Waals surface area contributed by atoms with Crippen LogP contribution in [0, 0.1) is 13.8 Å². The molecule has 15 heavy (non-hydrogen) atoms. The fraction of sp³-hybridized carbons (Fsp3) is 0.667. The van der Waals surface area contributed by atoms with Crippen molar-refractivity contribution < 1.29 is 0 Å². The molecule has 0 radical (unpaired) electrons. The second-order valence-corrected chi connectivity index (χ2v) is 4.06. The van der Waals surface area contributed by atoms with Crippen LogP contribution in [0.25, 0.3) is 0 Å². The molecule has 1 aromatic heterocycles. The molecule has 0 aliphatic rings. The summed E-state index contributed by atoms with van der Waals surface area (Å²) >= 11 is 0. The predicted octanol–water partition coefficient (Wildman–Crippen LogP) is 2.20. The number of aromatic nitrogens is 2. The van der Waals surface area contributed by atoms with Gasteiger partial charge in [0.05, 0.1) is 0 Å². The molecule has 0 bridgehead atoms. The number of rotatable bonds is 5. The van der Waals surface area contributed by atoms with Crippen LogP contribution in [-0.2, 0) is 0 Å². The van der Waals surface area contributed by atoms with Gasteiger partial charge in [0, 0.05) is 17.9 Å². The zero-order valence-corrected chi connectivity index (χ0v) is 10.2. The van der Waals surface area contributed by atoms with Crippen LogP contribution in [-0.4, -0.2) is 23.1 Å². The second kappa shape index (κ2) is 5.81. The van der Waals surface area contributed by atoms with Gasteiger partial charge in [0.25, 0.3) is 0 Å². The van der Waals surface area contributed by atoms with Crippen LogP contribution in [0.4, 0.5) is 0 Å². The lowest BCUT2D eigenvalue weighted by Gasteiger charge is -2.16. The molecule has 1 N–H and O–H groups in total. The first-order valence-corrected chi connectivity index (χ1v) is 5.65. The minimum Gasteiger partial charge on any atom is -0.316 e. The maximum atomic E-state index is 4.25. The summed E-state index contributed by atoms with van der Waals surface area (Å²) < 4.78 is 0. The van der Waals surface area contributed by atoms with E-state index in [0.717, 1.165) is 24.5 Å². The number of nitrogens with one attached hydrogen (secondary N) is 1. The van der Waals surface area contributed by atoms with Gasteiger partial charge in [-0.05, 0) is 38.3 Å². The molecule has 1 aromatic rings. The van der Waals surface area contributed by atoms with E-state index in [1.807, 2.05) is 0 Å². The van der Waals surface area contributed by atoms with Crippen LogP contribution in [0.2, 0.25) is 0 Å². The summed E-state index contributed by atoms with van der Waals surface area (Å²) in [6.07, 6.45) is 2.82. The molecule has 3 nitrogen and oxygen atoms in total. The summed E-state index contributed by atoms with van der Waals surface area (Å²) in [7, 11) is 0. The van der Waals surface area contributed by atoms with Gasteiger partial charge >= 0.3 is 0 Å². The number of hydrogen-bond donors (Lipinski definition) is 1. The van der Waals surface area contributed by atoms with Crippen LogP contribution in [0.1, 0.15) is 43.1 Å². The van der Waals surface area contributed by atoms with Gasteiger partial charge in [-0.2, -0.15) is 0 Å². The Kier molecular flexibility index (Phi) is 4.69. The largest absolute Gasteiger partial charge is 0.316 e. The Bertz CT molecular complexity index is 289. The van der Waals surface area contributed by atoms with Gasteiger partial charge in [-0.3, -0.25) is 0 Å². The van der Waals surface area contributed by atoms with Crippen molar-refractivity contribution in [1.29, 1.82) is 0 Å². The Labute approximate surface area is 92.3 Å². The Morgan fingerprint density at radius 2 is 1.87 bits per heavy atom. The highest BCUT2D eigenvalue weighted by molar-refractivity contribution is 5.26. The molecule has 0 amide bonds. The maximum absolute atomic E-state index is 4.25. The van der Waals surface area contributed by atoms with Gasteiger partial charge < -0.3 is 5.32 Å². The Morgan fingerprint density at radius 3 is 2.40 bits per heavy atom. The van der Waals surface area contributed by atoms with Crippen molar-refractivity contribution in [2.45, 2.75) is 40.0 Å². The summed E-state index contributed by atoms with van der Waals surface area (Å²) in [5.41, 5.74) is 3.50. The normalized spacial score (nSPS) is 12.8. The van der Waals surface area contributed by atoms with Gasteiger partial charge in [-0.1, -0.05) is 13.8 Å². The molecule has 84 valence electrons. The molecule has 1 rings (SSSR count). The Morgan fingerprint density at radius 1 is 1.27 bits per heavy atom. The van der Waals surface area contributed by atoms with Gasteiger partial charge in [-0.15, -0.1) is 0 Å². The molecule has 3 heteroatoms. The fourth-order valence-electron chi connectivity index (χ4n) is 1.91. The lowest BCUT2D eigenvalue weighted by Crippen LogP contribution is -2.22. The topological polar surface area (TPSA) is 37.8 Å². The van der Waals surface area contributed by atoms with E-state index >= 15 is 0 Å². The van der Waals surface area contributed by atoms with Gasteiger partial charge in [0.1, 0.15) is 6.33 Å². The van der Waals surface area contributed by atoms with Crippen molar-refractivity contribution in [3.8, 4) is 0 Å². The van der Waals surface area contributed by atoms with Crippen LogP contribution in [0.5, 0.6) is 0 Å². The zero-order chi connectivity index (χ0) is 11.3. The lowest BCUT2D eigenvalue weighted by molar-refractivity contribution is 0.601. The van der Waals surface area contributed by atoms with Crippen molar-refractivity contribution in [2.75, 3.05) is 13.1 Å². The quantitative estimate of drug-likeness (QED) is 0.752. The smallest absolute Gasteiger partial charge is 0.115 e. The summed E-state index contributed by atoms with van der Waals surface area (Å²) in [5, 5.41) is 3.43. The maximum Gasteiger partial charge on any atom is 0.115 e. The molecule has 0 saturated heterocycles. The molecule has 0 aliphatic carbocycles. The van der Waals surface area contributed by atoms with E-state index in [9.17, 15) is 0 Å². The number of hydrogen-bond acceptors (Lipinski definition) is 3. The van der Waals surface area contributed by atoms with E-state index in [0.29, 0.717) is 5.92 Å². The fourth-order valence-corrected chi connectivity index (χ4v) is 1.91. The zero-order valence-electron chi connectivity index (χ0n) is 10.2. The highest BCUT2D eigenvalue weighted by atomic mass is 14.9. The number of aryl methyl sites for hydroxylation is 2. The van der Waals surface area contributed by atoms with Gasteiger partial charge in [0.2, 0.25) is 0 Å². The predicted molar refractivity (Wildman–Crippen MR) is 63.1 cm³/mol. The Balaban J connectivity index is 2.68. The van der Waals surface area contributed by atoms with E-state index in [1.165, 1.54) is 12.0 Å². The molecular formula is C12H21N3. The molecule has 0 saturated carbocycles. The molecular weight excluding hydrogens is 186 g/mol. The van der Waals surface area contributed by atoms with Crippen LogP contribution in [0.3, 0.4) is 0 Å². The molecule has 0 aromatic carbocycles. The van der Waals surface area contributed by atoms with Crippen molar-refractivity contribution in [2.24, 2.45) is 0 Å². The SMILES string of the molecule is CCCNCC(C)c1c(C)ncnc1C. The second-order valence-electron chi connectivity index (χ2n) is 4.06. The molecule has 0 spiro atoms. The van der Waals surface area contributed by atoms with Crippen molar-refractivity contribution in [3.05, 3.63) is 23.3 Å². The third-order valence-electron chi connectivity index (χ3n) is 2.65. The van der Waals surface area contributed by atoms with E-state index in [2.05, 4.69) is 43.0 Å². The average Bonchev–Trinajstić information content (AvgIpc) is 2.18. The van der Waals surface area contributed by atoms with Crippen LogP contribution in [0.15, 0.2) is 6.33 Å². The summed E-state index contributed by atoms with van der Waals surface area (Å²) in [6.45, 7) is 10.6. The monoisotopic (exact) mass is 207 g/mol. The minimum absolute atomic E-state index is 0.484. The Hall–Kier alpha value is -0.960. The molecule has 1 heterocycles. The molecule has 0 fully saturated rings. The minimum atomic E-state index is 0.484. The first kappa shape index (κ1) is 12.1. The third-order valence-corrected chi connectivity index (χ3v) is 2.65. The molecule has 1 atom stereocenters. The highest BCUT2D eigenvalue weighted by Crippen LogP contribution is 2.19. The molecule has 1 unspecified atom stereocenters. The first-order valence-electron chi connectivity index (χ1n) is 5.65. The first-order chi connectivity index (χ1) is 7.16. The van der Waals surface area contributed by atoms with Gasteiger partial charge in [0.15, 0.2) is 0 Å².